The van der Waals surface area contributed by atoms with Crippen LogP contribution in [0, 0.1) is 5.92 Å². The van der Waals surface area contributed by atoms with Gasteiger partial charge in [0, 0.05) is 24.1 Å². The number of benzene rings is 5. The van der Waals surface area contributed by atoms with Crippen molar-refractivity contribution in [3.8, 4) is 28.0 Å². The summed E-state index contributed by atoms with van der Waals surface area (Å²) >= 11 is 1.44. The highest BCUT2D eigenvalue weighted by molar-refractivity contribution is 7.09. The van der Waals surface area contributed by atoms with Crippen LogP contribution in [0.1, 0.15) is 28.0 Å². The van der Waals surface area contributed by atoms with Crippen molar-refractivity contribution in [3.63, 3.8) is 0 Å². The van der Waals surface area contributed by atoms with Crippen LogP contribution in [0.2, 0.25) is 0 Å². The molecule has 4 N–H and O–H groups in total. The zero-order valence-corrected chi connectivity index (χ0v) is 33.6. The molecule has 0 saturated heterocycles. The first-order chi connectivity index (χ1) is 29.2. The second-order valence-electron chi connectivity index (χ2n) is 14.9. The molecule has 0 radical (unpaired) electrons. The van der Waals surface area contributed by atoms with E-state index in [0.29, 0.717) is 11.3 Å². The summed E-state index contributed by atoms with van der Waals surface area (Å²) in [5.74, 6) is -4.08. The van der Waals surface area contributed by atoms with E-state index in [-0.39, 0.29) is 38.7 Å². The number of amides is 3. The molecule has 60 heavy (non-hydrogen) atoms. The zero-order chi connectivity index (χ0) is 41.8. The molecule has 0 spiro atoms. The first-order valence-corrected chi connectivity index (χ1v) is 20.7. The Hall–Kier alpha value is -6.85. The molecular weight excluding hydrogens is 775 g/mol. The molecule has 5 aromatic carbocycles. The van der Waals surface area contributed by atoms with E-state index in [1.807, 2.05) is 127 Å². The molecule has 3 amide bonds. The first kappa shape index (κ1) is 41.3. The normalized spacial score (nSPS) is 19.1. The number of nitrogens with one attached hydrogen (secondary N) is 3. The highest BCUT2D eigenvalue weighted by atomic mass is 32.1. The minimum atomic E-state index is -1.18. The Labute approximate surface area is 352 Å². The number of fused-ring (bicyclic) bond motifs is 16. The fourth-order valence-corrected chi connectivity index (χ4v) is 8.01. The number of carboxylic acids is 1. The molecule has 8 rings (SSSR count). The van der Waals surface area contributed by atoms with Gasteiger partial charge < -0.3 is 25.8 Å². The van der Waals surface area contributed by atoms with Gasteiger partial charge in [0.1, 0.15) is 17.8 Å². The van der Waals surface area contributed by atoms with Gasteiger partial charge in [-0.2, -0.15) is 0 Å². The fourth-order valence-electron chi connectivity index (χ4n) is 7.26. The van der Waals surface area contributed by atoms with Crippen LogP contribution >= 0.6 is 11.3 Å². The van der Waals surface area contributed by atoms with E-state index in [4.69, 9.17) is 4.74 Å². The van der Waals surface area contributed by atoms with Crippen LogP contribution in [0.15, 0.2) is 151 Å². The van der Waals surface area contributed by atoms with Crippen molar-refractivity contribution in [2.75, 3.05) is 6.61 Å². The van der Waals surface area contributed by atoms with E-state index < -0.39 is 53.5 Å². The molecule has 10 nitrogen and oxygen atoms in total. The molecular formula is C49H45N3O7S. The predicted molar refractivity (Wildman–Crippen MR) is 231 cm³/mol. The summed E-state index contributed by atoms with van der Waals surface area (Å²) in [6.07, 6.45) is 0.0202. The minimum absolute atomic E-state index is 0.0519. The molecule has 2 aliphatic rings. The summed E-state index contributed by atoms with van der Waals surface area (Å²) in [6.45, 7) is -0.383. The highest BCUT2D eigenvalue weighted by Gasteiger charge is 2.32. The number of carboxylic acid groups (broad SMARTS) is 1. The zero-order valence-electron chi connectivity index (χ0n) is 32.8. The molecule has 3 heterocycles. The van der Waals surface area contributed by atoms with E-state index in [1.165, 1.54) is 11.3 Å². The van der Waals surface area contributed by atoms with Gasteiger partial charge in [-0.15, -0.1) is 11.3 Å². The number of ether oxygens (including phenoxy) is 1. The third kappa shape index (κ3) is 11.2. The second-order valence-corrected chi connectivity index (χ2v) is 15.9. The van der Waals surface area contributed by atoms with Crippen molar-refractivity contribution < 1.29 is 33.8 Å². The van der Waals surface area contributed by atoms with Crippen LogP contribution < -0.4 is 20.7 Å². The Morgan fingerprint density at radius 2 is 1.08 bits per heavy atom. The molecule has 11 heteroatoms. The van der Waals surface area contributed by atoms with Gasteiger partial charge in [0.15, 0.2) is 12.4 Å². The maximum atomic E-state index is 14.6. The van der Waals surface area contributed by atoms with Gasteiger partial charge in [-0.1, -0.05) is 127 Å². The molecule has 0 unspecified atom stereocenters. The molecule has 2 aliphatic heterocycles. The standard InChI is InChI=1S/C49H45N3O7S/c53-45-29-39(49(57)58)26-32-17-23-40(24-18-32)59-31-46(54)50-44(30-41-12-7-25-60-41)48(56)52-43(28-34-15-21-38(22-16-34)36-10-5-2-6-11-36)47(55)51-42(45)27-33-13-19-37(20-14-33)35-8-3-1-4-9-35/h1-25,39,42-44H,26-31H2,(H,50,54)(H,51,55)(H,52,56)(H,57,58)/t39-,42-,43+,44-/m1/s1. The van der Waals surface area contributed by atoms with Crippen molar-refractivity contribution in [1.29, 1.82) is 0 Å². The number of carbonyl (C=O) groups is 5. The summed E-state index contributed by atoms with van der Waals surface area (Å²) in [7, 11) is 0. The number of rotatable bonds is 9. The molecule has 4 atom stereocenters. The van der Waals surface area contributed by atoms with Crippen LogP contribution in [-0.2, 0) is 49.7 Å². The van der Waals surface area contributed by atoms with Gasteiger partial charge in [0.25, 0.3) is 5.91 Å². The van der Waals surface area contributed by atoms with E-state index in [9.17, 15) is 29.1 Å². The number of hydrogen-bond donors (Lipinski definition) is 4. The van der Waals surface area contributed by atoms with Gasteiger partial charge in [0.2, 0.25) is 11.8 Å². The maximum Gasteiger partial charge on any atom is 0.307 e. The molecule has 0 saturated carbocycles. The quantitative estimate of drug-likeness (QED) is 0.117. The average molecular weight is 820 g/mol. The van der Waals surface area contributed by atoms with Crippen molar-refractivity contribution in [2.24, 2.45) is 5.92 Å². The lowest BCUT2D eigenvalue weighted by Gasteiger charge is -2.26. The molecule has 1 aromatic heterocycles. The lowest BCUT2D eigenvalue weighted by atomic mass is 9.90. The Balaban J connectivity index is 1.22. The third-order valence-electron chi connectivity index (χ3n) is 10.5. The molecule has 0 aliphatic carbocycles. The first-order valence-electron chi connectivity index (χ1n) is 19.9. The summed E-state index contributed by atoms with van der Waals surface area (Å²) in [6, 6.07) is 42.0. The Morgan fingerprint density at radius 3 is 1.62 bits per heavy atom. The number of hydrogen-bond acceptors (Lipinski definition) is 7. The summed E-state index contributed by atoms with van der Waals surface area (Å²) in [5.41, 5.74) is 6.15. The topological polar surface area (TPSA) is 151 Å². The lowest BCUT2D eigenvalue weighted by Crippen LogP contribution is -2.57. The van der Waals surface area contributed by atoms with Gasteiger partial charge in [0.05, 0.1) is 12.0 Å². The molecule has 0 fully saturated rings. The Morgan fingerprint density at radius 1 is 0.567 bits per heavy atom. The molecule has 304 valence electrons. The Bertz CT molecular complexity index is 2390. The van der Waals surface area contributed by atoms with E-state index in [2.05, 4.69) is 16.0 Å². The summed E-state index contributed by atoms with van der Waals surface area (Å²) < 4.78 is 5.73. The number of ketones is 1. The third-order valence-corrected chi connectivity index (χ3v) is 11.4. The largest absolute Gasteiger partial charge is 0.484 e. The van der Waals surface area contributed by atoms with Crippen LogP contribution in [0.25, 0.3) is 22.3 Å². The number of carbonyl (C=O) groups excluding carboxylic acids is 4. The van der Waals surface area contributed by atoms with Crippen LogP contribution in [0.4, 0.5) is 0 Å². The number of thiophene rings is 1. The van der Waals surface area contributed by atoms with Crippen LogP contribution in [-0.4, -0.2) is 59.3 Å². The summed E-state index contributed by atoms with van der Waals surface area (Å²) in [4.78, 5) is 69.8. The predicted octanol–water partition coefficient (Wildman–Crippen LogP) is 6.86. The minimum Gasteiger partial charge on any atom is -0.484 e. The average Bonchev–Trinajstić information content (AvgIpc) is 3.79. The van der Waals surface area contributed by atoms with Crippen molar-refractivity contribution in [1.82, 2.24) is 16.0 Å². The second kappa shape index (κ2) is 19.7. The molecule has 2 bridgehead atoms. The van der Waals surface area contributed by atoms with Gasteiger partial charge in [-0.05, 0) is 75.4 Å². The van der Waals surface area contributed by atoms with Gasteiger partial charge >= 0.3 is 5.97 Å². The smallest absolute Gasteiger partial charge is 0.307 e. The van der Waals surface area contributed by atoms with E-state index >= 15 is 0 Å². The fraction of sp³-hybridized carbons (Fsp3) is 0.204. The SMILES string of the molecule is O=C1COc2ccc(cc2)C[C@@H](C(=O)O)CC(=O)[C@@H](Cc2ccc(-c3ccccc3)cc2)NC(=O)[C@H](Cc2ccc(-c3ccccc3)cc2)NC(=O)[C@@H](Cc2cccs2)N1. The van der Waals surface area contributed by atoms with Crippen molar-refractivity contribution in [2.45, 2.75) is 50.2 Å². The van der Waals surface area contributed by atoms with E-state index in [1.54, 1.807) is 24.3 Å². The lowest BCUT2D eigenvalue weighted by molar-refractivity contribution is -0.144. The monoisotopic (exact) mass is 819 g/mol. The van der Waals surface area contributed by atoms with Crippen LogP contribution in [0.3, 0.4) is 0 Å². The molecule has 6 aromatic rings. The Kier molecular flexibility index (Phi) is 13.6. The number of aliphatic carboxylic acids is 1. The summed E-state index contributed by atoms with van der Waals surface area (Å²) in [5, 5.41) is 20.8. The van der Waals surface area contributed by atoms with Gasteiger partial charge in [-0.25, -0.2) is 0 Å². The van der Waals surface area contributed by atoms with Crippen molar-refractivity contribution >= 4 is 40.8 Å². The van der Waals surface area contributed by atoms with Crippen molar-refractivity contribution in [3.05, 3.63) is 173 Å². The van der Waals surface area contributed by atoms with E-state index in [0.717, 1.165) is 38.3 Å². The van der Waals surface area contributed by atoms with Gasteiger partial charge in [-0.3, -0.25) is 24.0 Å². The highest BCUT2D eigenvalue weighted by Crippen LogP contribution is 2.24. The number of Topliss-reactive ketones (excluding diaryl/α,β-unsaturated/α-hetero) is 1. The maximum absolute atomic E-state index is 14.6. The van der Waals surface area contributed by atoms with Crippen LogP contribution in [0.5, 0.6) is 5.75 Å².